The van der Waals surface area contributed by atoms with Crippen LogP contribution in [-0.2, 0) is 11.3 Å². The average Bonchev–Trinajstić information content (AvgIpc) is 2.94. The maximum Gasteiger partial charge on any atom is 0.319 e. The second-order valence-corrected chi connectivity index (χ2v) is 6.96. The summed E-state index contributed by atoms with van der Waals surface area (Å²) < 4.78 is 26.6. The van der Waals surface area contributed by atoms with E-state index >= 15 is 0 Å². The van der Waals surface area contributed by atoms with Crippen LogP contribution in [0, 0.1) is 0 Å². The minimum atomic E-state index is -2.64. The third kappa shape index (κ3) is 4.83. The number of rotatable bonds is 4. The van der Waals surface area contributed by atoms with Crippen molar-refractivity contribution < 1.29 is 13.6 Å². The van der Waals surface area contributed by atoms with Crippen LogP contribution in [-0.4, -0.2) is 62.9 Å². The van der Waals surface area contributed by atoms with E-state index in [4.69, 9.17) is 0 Å². The Morgan fingerprint density at radius 2 is 2.08 bits per heavy atom. The van der Waals surface area contributed by atoms with Crippen molar-refractivity contribution in [1.82, 2.24) is 24.7 Å². The van der Waals surface area contributed by atoms with E-state index in [0.717, 1.165) is 4.57 Å². The number of carbonyl (C=O) groups excluding carboxylic acids is 1. The van der Waals surface area contributed by atoms with Gasteiger partial charge in [-0.1, -0.05) is 0 Å². The Balaban J connectivity index is 0.00000338. The van der Waals surface area contributed by atoms with Crippen molar-refractivity contribution >= 4 is 35.8 Å². The highest BCUT2D eigenvalue weighted by Crippen LogP contribution is 2.24. The van der Waals surface area contributed by atoms with Crippen LogP contribution >= 0.6 is 24.0 Å². The molecular weight excluding hydrogens is 457 g/mol. The molecule has 1 aliphatic heterocycles. The Morgan fingerprint density at radius 3 is 2.58 bits per heavy atom. The summed E-state index contributed by atoms with van der Waals surface area (Å²) in [5.74, 6) is 0.722. The molecule has 1 amide bonds. The second kappa shape index (κ2) is 8.96. The first-order chi connectivity index (χ1) is 11.7. The number of aliphatic imine (C=N–C) groups is 1. The van der Waals surface area contributed by atoms with E-state index in [0.29, 0.717) is 12.5 Å². The third-order valence-electron chi connectivity index (χ3n) is 4.22. The number of aromatic nitrogens is 2. The summed E-state index contributed by atoms with van der Waals surface area (Å²) in [6, 6.07) is 0.109. The molecule has 0 bridgehead atoms. The molecule has 1 N–H and O–H groups in total. The summed E-state index contributed by atoms with van der Waals surface area (Å²) in [6.07, 6.45) is 2.57. The van der Waals surface area contributed by atoms with Gasteiger partial charge in [0.1, 0.15) is 5.82 Å². The maximum atomic E-state index is 12.9. The van der Waals surface area contributed by atoms with E-state index < -0.39 is 6.55 Å². The van der Waals surface area contributed by atoms with Gasteiger partial charge in [-0.25, -0.2) is 4.98 Å². The monoisotopic (exact) mass is 484 g/mol. The van der Waals surface area contributed by atoms with Gasteiger partial charge < -0.3 is 15.1 Å². The number of nitrogens with zero attached hydrogens (tertiary/aromatic N) is 5. The zero-order valence-electron chi connectivity index (χ0n) is 15.7. The lowest BCUT2D eigenvalue weighted by atomic mass is 9.96. The number of imidazole rings is 1. The van der Waals surface area contributed by atoms with E-state index in [1.807, 2.05) is 37.5 Å². The third-order valence-corrected chi connectivity index (χ3v) is 4.22. The van der Waals surface area contributed by atoms with E-state index in [2.05, 4.69) is 15.3 Å². The molecule has 148 valence electrons. The Kier molecular flexibility index (Phi) is 7.78. The molecule has 10 heteroatoms. The fraction of sp³-hybridized carbons (Fsp3) is 0.688. The van der Waals surface area contributed by atoms with Crippen LogP contribution in [0.5, 0.6) is 0 Å². The van der Waals surface area contributed by atoms with Crippen molar-refractivity contribution in [2.75, 3.05) is 20.1 Å². The molecule has 0 unspecified atom stereocenters. The van der Waals surface area contributed by atoms with E-state index in [1.54, 1.807) is 7.05 Å². The van der Waals surface area contributed by atoms with E-state index in [1.165, 1.54) is 12.4 Å². The van der Waals surface area contributed by atoms with Gasteiger partial charge >= 0.3 is 6.55 Å². The standard InChI is InChI=1S/C16H26F2N6O.HI/c1-11(2)24-13(25)9-22(10-16(24,3)4)15(19-5)21-8-12-20-6-7-23(12)14(17)18;/h6-7,11,14H,8-10H2,1-5H3,(H,19,21);1H. The highest BCUT2D eigenvalue weighted by molar-refractivity contribution is 14.0. The Hall–Kier alpha value is -1.46. The molecule has 1 aliphatic rings. The number of alkyl halides is 2. The fourth-order valence-electron chi connectivity index (χ4n) is 3.46. The lowest BCUT2D eigenvalue weighted by molar-refractivity contribution is -0.145. The second-order valence-electron chi connectivity index (χ2n) is 6.96. The smallest absolute Gasteiger partial charge is 0.319 e. The minimum Gasteiger partial charge on any atom is -0.349 e. The summed E-state index contributed by atoms with van der Waals surface area (Å²) in [4.78, 5) is 24.4. The molecule has 0 aromatic carbocycles. The quantitative estimate of drug-likeness (QED) is 0.405. The molecule has 0 radical (unpaired) electrons. The summed E-state index contributed by atoms with van der Waals surface area (Å²) >= 11 is 0. The van der Waals surface area contributed by atoms with Crippen LogP contribution in [0.15, 0.2) is 17.4 Å². The SMILES string of the molecule is CN=C(NCc1nccn1C(F)F)N1CC(=O)N(C(C)C)C(C)(C)C1.I. The highest BCUT2D eigenvalue weighted by atomic mass is 127. The largest absolute Gasteiger partial charge is 0.349 e. The van der Waals surface area contributed by atoms with Gasteiger partial charge in [0.25, 0.3) is 0 Å². The first-order valence-corrected chi connectivity index (χ1v) is 8.25. The molecule has 26 heavy (non-hydrogen) atoms. The number of guanidine groups is 1. The molecule has 2 heterocycles. The van der Waals surface area contributed by atoms with Gasteiger partial charge in [0.2, 0.25) is 5.91 Å². The first kappa shape index (κ1) is 22.6. The Labute approximate surface area is 169 Å². The van der Waals surface area contributed by atoms with Crippen molar-refractivity contribution in [3.05, 3.63) is 18.2 Å². The highest BCUT2D eigenvalue weighted by Gasteiger charge is 2.40. The zero-order chi connectivity index (χ0) is 18.8. The summed E-state index contributed by atoms with van der Waals surface area (Å²) in [5, 5.41) is 3.03. The van der Waals surface area contributed by atoms with Gasteiger partial charge in [-0.15, -0.1) is 24.0 Å². The molecular formula is C16H27F2IN6O. The lowest BCUT2D eigenvalue weighted by Gasteiger charge is -2.49. The van der Waals surface area contributed by atoms with Crippen molar-refractivity contribution in [3.8, 4) is 0 Å². The van der Waals surface area contributed by atoms with E-state index in [9.17, 15) is 13.6 Å². The molecule has 1 aromatic heterocycles. The fourth-order valence-corrected chi connectivity index (χ4v) is 3.46. The Bertz CT molecular complexity index is 646. The normalized spacial score (nSPS) is 17.7. The number of halogens is 3. The number of nitrogens with one attached hydrogen (secondary N) is 1. The number of piperazine rings is 1. The number of amides is 1. The molecule has 0 saturated carbocycles. The summed E-state index contributed by atoms with van der Waals surface area (Å²) in [5.41, 5.74) is -0.359. The van der Waals surface area contributed by atoms with Crippen molar-refractivity contribution in [2.24, 2.45) is 4.99 Å². The minimum absolute atomic E-state index is 0. The van der Waals surface area contributed by atoms with Crippen molar-refractivity contribution in [3.63, 3.8) is 0 Å². The van der Waals surface area contributed by atoms with Gasteiger partial charge in [0, 0.05) is 32.0 Å². The van der Waals surface area contributed by atoms with Gasteiger partial charge in [0.15, 0.2) is 5.96 Å². The van der Waals surface area contributed by atoms with Crippen LogP contribution < -0.4 is 5.32 Å². The van der Waals surface area contributed by atoms with Crippen LogP contribution in [0.25, 0.3) is 0 Å². The Morgan fingerprint density at radius 1 is 1.42 bits per heavy atom. The maximum absolute atomic E-state index is 12.9. The molecule has 1 saturated heterocycles. The number of hydrogen-bond donors (Lipinski definition) is 1. The van der Waals surface area contributed by atoms with Gasteiger partial charge in [-0.3, -0.25) is 14.4 Å². The molecule has 1 fully saturated rings. The van der Waals surface area contributed by atoms with Gasteiger partial charge in [-0.05, 0) is 27.7 Å². The topological polar surface area (TPSA) is 65.8 Å². The number of hydrogen-bond acceptors (Lipinski definition) is 3. The molecule has 0 spiro atoms. The van der Waals surface area contributed by atoms with Gasteiger partial charge in [0.05, 0.1) is 18.6 Å². The lowest BCUT2D eigenvalue weighted by Crippen LogP contribution is -2.66. The predicted molar refractivity (Wildman–Crippen MR) is 107 cm³/mol. The molecule has 0 atom stereocenters. The molecule has 1 aromatic rings. The molecule has 2 rings (SSSR count). The van der Waals surface area contributed by atoms with Crippen LogP contribution in [0.2, 0.25) is 0 Å². The summed E-state index contributed by atoms with van der Waals surface area (Å²) in [7, 11) is 1.61. The molecule has 0 aliphatic carbocycles. The molecule has 7 nitrogen and oxygen atoms in total. The van der Waals surface area contributed by atoms with Crippen LogP contribution in [0.1, 0.15) is 40.1 Å². The zero-order valence-corrected chi connectivity index (χ0v) is 18.1. The van der Waals surface area contributed by atoms with E-state index in [-0.39, 0.29) is 60.4 Å². The van der Waals surface area contributed by atoms with Crippen LogP contribution in [0.4, 0.5) is 8.78 Å². The van der Waals surface area contributed by atoms with Crippen molar-refractivity contribution in [1.29, 1.82) is 0 Å². The number of carbonyl (C=O) groups is 1. The van der Waals surface area contributed by atoms with Crippen LogP contribution in [0.3, 0.4) is 0 Å². The summed E-state index contributed by atoms with van der Waals surface area (Å²) in [6.45, 7) is 6.25. The predicted octanol–water partition coefficient (Wildman–Crippen LogP) is 2.30. The average molecular weight is 484 g/mol. The first-order valence-electron chi connectivity index (χ1n) is 8.25. The van der Waals surface area contributed by atoms with Gasteiger partial charge in [-0.2, -0.15) is 8.78 Å². The van der Waals surface area contributed by atoms with Crippen molar-refractivity contribution in [2.45, 2.75) is 52.4 Å².